The third-order valence-electron chi connectivity index (χ3n) is 4.17. The maximum absolute atomic E-state index is 12.8. The average Bonchev–Trinajstić information content (AvgIpc) is 2.61. The Hall–Kier alpha value is -1.96. The van der Waals surface area contributed by atoms with Gasteiger partial charge in [-0.05, 0) is 25.2 Å². The molecule has 0 N–H and O–H groups in total. The lowest BCUT2D eigenvalue weighted by Gasteiger charge is -2.31. The zero-order valence-electron chi connectivity index (χ0n) is 14.6. The molecule has 1 heterocycles. The van der Waals surface area contributed by atoms with Crippen molar-refractivity contribution in [3.8, 4) is 0 Å². The predicted molar refractivity (Wildman–Crippen MR) is 99.0 cm³/mol. The Labute approximate surface area is 150 Å². The van der Waals surface area contributed by atoms with Gasteiger partial charge in [0.2, 0.25) is 10.0 Å². The Morgan fingerprint density at radius 3 is 2.32 bits per heavy atom. The zero-order valence-corrected chi connectivity index (χ0v) is 15.4. The molecule has 25 heavy (non-hydrogen) atoms. The first-order chi connectivity index (χ1) is 11.9. The summed E-state index contributed by atoms with van der Waals surface area (Å²) in [4.78, 5) is 16.4. The molecule has 1 aliphatic rings. The van der Waals surface area contributed by atoms with Gasteiger partial charge in [-0.25, -0.2) is 8.42 Å². The summed E-state index contributed by atoms with van der Waals surface area (Å²) < 4.78 is 27.2. The van der Waals surface area contributed by atoms with E-state index in [1.165, 1.54) is 16.4 Å². The molecule has 1 amide bonds. The molecule has 0 unspecified atom stereocenters. The van der Waals surface area contributed by atoms with Gasteiger partial charge in [0.05, 0.1) is 4.90 Å². The molecule has 0 atom stereocenters. The summed E-state index contributed by atoms with van der Waals surface area (Å²) >= 11 is 0. The maximum Gasteiger partial charge on any atom is 0.254 e. The minimum absolute atomic E-state index is 0.153. The van der Waals surface area contributed by atoms with Crippen LogP contribution in [0.2, 0.25) is 0 Å². The van der Waals surface area contributed by atoms with Crippen LogP contribution in [0.3, 0.4) is 0 Å². The standard InChI is InChI=1S/C18H25N3O3S/c1-4-9-20(10-5-2)18(22)16-7-6-8-17(15-16)25(23,24)21-13-11-19(3)12-14-21/h4-8,15H,1-2,9-14H2,3H3. The first kappa shape index (κ1) is 19.4. The fourth-order valence-electron chi connectivity index (χ4n) is 2.70. The monoisotopic (exact) mass is 363 g/mol. The summed E-state index contributed by atoms with van der Waals surface area (Å²) in [6, 6.07) is 6.23. The molecule has 7 heteroatoms. The van der Waals surface area contributed by atoms with E-state index in [1.807, 2.05) is 7.05 Å². The van der Waals surface area contributed by atoms with E-state index in [4.69, 9.17) is 0 Å². The van der Waals surface area contributed by atoms with Crippen molar-refractivity contribution >= 4 is 15.9 Å². The van der Waals surface area contributed by atoms with Crippen LogP contribution in [0.5, 0.6) is 0 Å². The zero-order chi connectivity index (χ0) is 18.4. The van der Waals surface area contributed by atoms with Gasteiger partial charge < -0.3 is 9.80 Å². The molecule has 1 saturated heterocycles. The summed E-state index contributed by atoms with van der Waals surface area (Å²) in [6.45, 7) is 10.4. The van der Waals surface area contributed by atoms with Crippen LogP contribution >= 0.6 is 0 Å². The van der Waals surface area contributed by atoms with Gasteiger partial charge in [0.25, 0.3) is 5.91 Å². The van der Waals surface area contributed by atoms with E-state index < -0.39 is 10.0 Å². The minimum Gasteiger partial charge on any atom is -0.331 e. The Bertz CT molecular complexity index is 728. The molecule has 136 valence electrons. The quantitative estimate of drug-likeness (QED) is 0.688. The Kier molecular flexibility index (Phi) is 6.52. The third kappa shape index (κ3) is 4.56. The van der Waals surface area contributed by atoms with Crippen molar-refractivity contribution in [3.63, 3.8) is 0 Å². The van der Waals surface area contributed by atoms with Crippen molar-refractivity contribution in [2.45, 2.75) is 4.90 Å². The highest BCUT2D eigenvalue weighted by atomic mass is 32.2. The number of carbonyl (C=O) groups is 1. The molecule has 0 bridgehead atoms. The fraction of sp³-hybridized carbons (Fsp3) is 0.389. The van der Waals surface area contributed by atoms with Gasteiger partial charge in [0.1, 0.15) is 0 Å². The van der Waals surface area contributed by atoms with Gasteiger partial charge in [0.15, 0.2) is 0 Å². The van der Waals surface area contributed by atoms with Crippen LogP contribution in [-0.4, -0.2) is 74.7 Å². The summed E-state index contributed by atoms with van der Waals surface area (Å²) in [5, 5.41) is 0. The van der Waals surface area contributed by atoms with E-state index >= 15 is 0 Å². The second-order valence-electron chi connectivity index (χ2n) is 6.02. The van der Waals surface area contributed by atoms with Crippen LogP contribution in [-0.2, 0) is 10.0 Å². The lowest BCUT2D eigenvalue weighted by atomic mass is 10.2. The molecule has 1 aromatic carbocycles. The summed E-state index contributed by atoms with van der Waals surface area (Å²) in [5.74, 6) is -0.241. The number of likely N-dealkylation sites (N-methyl/N-ethyl adjacent to an activating group) is 1. The number of amides is 1. The third-order valence-corrected chi connectivity index (χ3v) is 6.06. The molecule has 0 aliphatic carbocycles. The fourth-order valence-corrected chi connectivity index (χ4v) is 4.17. The Balaban J connectivity index is 2.26. The molecule has 1 aliphatic heterocycles. The molecule has 1 aromatic rings. The van der Waals surface area contributed by atoms with E-state index in [2.05, 4.69) is 18.1 Å². The summed E-state index contributed by atoms with van der Waals surface area (Å²) in [7, 11) is -1.63. The first-order valence-corrected chi connectivity index (χ1v) is 9.64. The van der Waals surface area contributed by atoms with Crippen molar-refractivity contribution < 1.29 is 13.2 Å². The number of carbonyl (C=O) groups excluding carboxylic acids is 1. The van der Waals surface area contributed by atoms with Crippen molar-refractivity contribution in [2.24, 2.45) is 0 Å². The summed E-state index contributed by atoms with van der Waals surface area (Å²) in [6.07, 6.45) is 3.26. The second kappa shape index (κ2) is 8.42. The van der Waals surface area contributed by atoms with Gasteiger partial charge >= 0.3 is 0 Å². The number of nitrogens with zero attached hydrogens (tertiary/aromatic N) is 3. The smallest absolute Gasteiger partial charge is 0.254 e. The highest BCUT2D eigenvalue weighted by Gasteiger charge is 2.28. The van der Waals surface area contributed by atoms with Crippen molar-refractivity contribution in [1.82, 2.24) is 14.1 Å². The van der Waals surface area contributed by atoms with E-state index in [0.717, 1.165) is 0 Å². The van der Waals surface area contributed by atoms with E-state index in [-0.39, 0.29) is 10.8 Å². The number of hydrogen-bond donors (Lipinski definition) is 0. The van der Waals surface area contributed by atoms with Gasteiger partial charge in [-0.15, -0.1) is 13.2 Å². The van der Waals surface area contributed by atoms with E-state index in [0.29, 0.717) is 44.8 Å². The molecular weight excluding hydrogens is 338 g/mol. The number of hydrogen-bond acceptors (Lipinski definition) is 4. The van der Waals surface area contributed by atoms with Crippen LogP contribution < -0.4 is 0 Å². The van der Waals surface area contributed by atoms with Gasteiger partial charge in [-0.2, -0.15) is 4.31 Å². The number of piperazine rings is 1. The lowest BCUT2D eigenvalue weighted by Crippen LogP contribution is -2.47. The van der Waals surface area contributed by atoms with E-state index in [1.54, 1.807) is 29.2 Å². The molecule has 0 saturated carbocycles. The molecule has 0 aromatic heterocycles. The van der Waals surface area contributed by atoms with Gasteiger partial charge in [-0.1, -0.05) is 18.2 Å². The predicted octanol–water partition coefficient (Wildman–Crippen LogP) is 1.44. The average molecular weight is 363 g/mol. The molecular formula is C18H25N3O3S. The second-order valence-corrected chi connectivity index (χ2v) is 7.96. The van der Waals surface area contributed by atoms with Crippen LogP contribution in [0, 0.1) is 0 Å². The molecule has 2 rings (SSSR count). The molecule has 1 fully saturated rings. The van der Waals surface area contributed by atoms with Crippen LogP contribution in [0.1, 0.15) is 10.4 Å². The highest BCUT2D eigenvalue weighted by Crippen LogP contribution is 2.19. The largest absolute Gasteiger partial charge is 0.331 e. The Morgan fingerprint density at radius 1 is 1.16 bits per heavy atom. The minimum atomic E-state index is -3.60. The number of rotatable bonds is 7. The molecule has 0 spiro atoms. The van der Waals surface area contributed by atoms with Gasteiger partial charge in [-0.3, -0.25) is 4.79 Å². The van der Waals surface area contributed by atoms with Crippen molar-refractivity contribution in [3.05, 3.63) is 55.1 Å². The first-order valence-electron chi connectivity index (χ1n) is 8.20. The van der Waals surface area contributed by atoms with Gasteiger partial charge in [0, 0.05) is 44.8 Å². The van der Waals surface area contributed by atoms with Crippen LogP contribution in [0.15, 0.2) is 54.5 Å². The molecule has 0 radical (unpaired) electrons. The van der Waals surface area contributed by atoms with Crippen molar-refractivity contribution in [2.75, 3.05) is 46.3 Å². The topological polar surface area (TPSA) is 60.9 Å². The lowest BCUT2D eigenvalue weighted by molar-refractivity contribution is 0.0790. The van der Waals surface area contributed by atoms with E-state index in [9.17, 15) is 13.2 Å². The summed E-state index contributed by atoms with van der Waals surface area (Å²) in [5.41, 5.74) is 0.346. The Morgan fingerprint density at radius 2 is 1.76 bits per heavy atom. The number of benzene rings is 1. The van der Waals surface area contributed by atoms with Crippen molar-refractivity contribution in [1.29, 1.82) is 0 Å². The SMILES string of the molecule is C=CCN(CC=C)C(=O)c1cccc(S(=O)(=O)N2CCN(C)CC2)c1. The highest BCUT2D eigenvalue weighted by molar-refractivity contribution is 7.89. The normalized spacial score (nSPS) is 16.4. The maximum atomic E-state index is 12.8. The van der Waals surface area contributed by atoms with Crippen LogP contribution in [0.4, 0.5) is 0 Å². The number of sulfonamides is 1. The van der Waals surface area contributed by atoms with Crippen LogP contribution in [0.25, 0.3) is 0 Å². The molecule has 6 nitrogen and oxygen atoms in total.